The smallest absolute Gasteiger partial charge is 0.272 e. The molecule has 1 aromatic heterocycles. The van der Waals surface area contributed by atoms with Gasteiger partial charge in [-0.25, -0.2) is 0 Å². The Balaban J connectivity index is 0.936. The van der Waals surface area contributed by atoms with E-state index < -0.39 is 0 Å². The maximum Gasteiger partial charge on any atom is 0.272 e. The molecule has 2 aromatic carbocycles. The van der Waals surface area contributed by atoms with Crippen molar-refractivity contribution in [3.8, 4) is 11.8 Å². The molecule has 0 unspecified atom stereocenters. The summed E-state index contributed by atoms with van der Waals surface area (Å²) in [6.07, 6.45) is 6.63. The molecule has 4 heterocycles. The van der Waals surface area contributed by atoms with Gasteiger partial charge in [-0.1, -0.05) is 0 Å². The summed E-state index contributed by atoms with van der Waals surface area (Å²) in [5.74, 6) is 0.345. The molecule has 3 amide bonds. The van der Waals surface area contributed by atoms with E-state index in [4.69, 9.17) is 10.00 Å². The highest BCUT2D eigenvalue weighted by molar-refractivity contribution is 5.97. The number of piperidine rings is 2. The van der Waals surface area contributed by atoms with Crippen molar-refractivity contribution >= 4 is 23.4 Å². The summed E-state index contributed by atoms with van der Waals surface area (Å²) >= 11 is 0. The Labute approximate surface area is 263 Å². The zero-order valence-corrected chi connectivity index (χ0v) is 25.4. The highest BCUT2D eigenvalue weighted by Crippen LogP contribution is 2.23. The fourth-order valence-electron chi connectivity index (χ4n) is 6.26. The van der Waals surface area contributed by atoms with Crippen LogP contribution in [0.2, 0.25) is 0 Å². The van der Waals surface area contributed by atoms with Crippen LogP contribution in [-0.4, -0.2) is 83.9 Å². The number of nitrogens with zero attached hydrogens (tertiary/aromatic N) is 5. The van der Waals surface area contributed by atoms with Crippen molar-refractivity contribution in [1.29, 1.82) is 5.26 Å². The van der Waals surface area contributed by atoms with Crippen molar-refractivity contribution in [2.45, 2.75) is 50.7 Å². The minimum Gasteiger partial charge on any atom is -0.490 e. The Hall–Kier alpha value is -4.91. The number of hydrogen-bond acceptors (Lipinski definition) is 7. The zero-order chi connectivity index (χ0) is 31.2. The summed E-state index contributed by atoms with van der Waals surface area (Å²) < 4.78 is 6.02. The van der Waals surface area contributed by atoms with E-state index in [1.54, 1.807) is 41.3 Å². The average Bonchev–Trinajstić information content (AvgIpc) is 3.64. The van der Waals surface area contributed by atoms with Crippen LogP contribution in [0.3, 0.4) is 0 Å². The van der Waals surface area contributed by atoms with Crippen molar-refractivity contribution in [1.82, 2.24) is 20.1 Å². The van der Waals surface area contributed by atoms with E-state index in [0.29, 0.717) is 80.0 Å². The lowest BCUT2D eigenvalue weighted by Gasteiger charge is -2.32. The van der Waals surface area contributed by atoms with Crippen LogP contribution in [0.5, 0.6) is 5.75 Å². The number of amides is 3. The third-order valence-corrected chi connectivity index (χ3v) is 8.96. The molecule has 6 rings (SSSR count). The number of benzene rings is 2. The molecule has 0 radical (unpaired) electrons. The van der Waals surface area contributed by atoms with E-state index in [9.17, 15) is 14.4 Å². The minimum absolute atomic E-state index is 0.00261. The van der Waals surface area contributed by atoms with Gasteiger partial charge in [0.15, 0.2) is 0 Å². The molecule has 232 valence electrons. The molecule has 0 atom stereocenters. The van der Waals surface area contributed by atoms with Crippen molar-refractivity contribution < 1.29 is 19.1 Å². The molecule has 3 aromatic rings. The molecule has 3 aliphatic heterocycles. The first-order valence-electron chi connectivity index (χ1n) is 15.8. The molecular weight excluding hydrogens is 568 g/mol. The summed E-state index contributed by atoms with van der Waals surface area (Å²) in [4.78, 5) is 49.3. The Morgan fingerprint density at radius 2 is 1.38 bits per heavy atom. The summed E-state index contributed by atoms with van der Waals surface area (Å²) in [5.41, 5.74) is 3.16. The van der Waals surface area contributed by atoms with Crippen molar-refractivity contribution in [2.75, 3.05) is 44.2 Å². The molecule has 3 aliphatic rings. The molecule has 10 nitrogen and oxygen atoms in total. The standard InChI is InChI=1S/C35H38N6O4/c36-23-25-3-10-30(11-4-25)45-31-15-21-41(22-16-31)35(44)32-12-7-27(24-37-32)33(42)38-28-13-19-40(20-14-28)34(43)26-5-8-29(9-6-26)39-17-1-2-18-39/h3-12,24,28,31H,1-2,13-22H2,(H,38,42). The third kappa shape index (κ3) is 7.26. The molecule has 0 spiro atoms. The lowest BCUT2D eigenvalue weighted by Crippen LogP contribution is -2.46. The Morgan fingerprint density at radius 3 is 2.00 bits per heavy atom. The lowest BCUT2D eigenvalue weighted by molar-refractivity contribution is 0.0588. The first-order chi connectivity index (χ1) is 22.0. The lowest BCUT2D eigenvalue weighted by atomic mass is 10.0. The average molecular weight is 607 g/mol. The van der Waals surface area contributed by atoms with Gasteiger partial charge < -0.3 is 24.8 Å². The second kappa shape index (κ2) is 13.8. The van der Waals surface area contributed by atoms with Gasteiger partial charge in [0.1, 0.15) is 17.5 Å². The van der Waals surface area contributed by atoms with Gasteiger partial charge in [-0.2, -0.15) is 5.26 Å². The highest BCUT2D eigenvalue weighted by Gasteiger charge is 2.27. The Bertz CT molecular complexity index is 1530. The number of anilines is 1. The van der Waals surface area contributed by atoms with Gasteiger partial charge in [-0.05, 0) is 86.3 Å². The number of carbonyl (C=O) groups is 3. The number of hydrogen-bond donors (Lipinski definition) is 1. The largest absolute Gasteiger partial charge is 0.490 e. The van der Waals surface area contributed by atoms with Crippen LogP contribution in [-0.2, 0) is 0 Å². The number of carbonyl (C=O) groups excluding carboxylic acids is 3. The maximum absolute atomic E-state index is 13.1. The molecule has 10 heteroatoms. The topological polar surface area (TPSA) is 119 Å². The number of nitrogens with one attached hydrogen (secondary N) is 1. The molecule has 3 saturated heterocycles. The van der Waals surface area contributed by atoms with E-state index in [1.165, 1.54) is 24.7 Å². The number of ether oxygens (including phenoxy) is 1. The van der Waals surface area contributed by atoms with Gasteiger partial charge in [-0.15, -0.1) is 0 Å². The molecule has 1 N–H and O–H groups in total. The second-order valence-corrected chi connectivity index (χ2v) is 12.0. The number of rotatable bonds is 7. The normalized spacial score (nSPS) is 17.5. The second-order valence-electron chi connectivity index (χ2n) is 12.0. The van der Waals surface area contributed by atoms with Crippen LogP contribution in [0, 0.1) is 11.3 Å². The predicted molar refractivity (Wildman–Crippen MR) is 169 cm³/mol. The van der Waals surface area contributed by atoms with Gasteiger partial charge in [0.05, 0.1) is 17.2 Å². The van der Waals surface area contributed by atoms with Gasteiger partial charge in [0, 0.05) is 75.6 Å². The van der Waals surface area contributed by atoms with Crippen LogP contribution in [0.25, 0.3) is 0 Å². The fourth-order valence-corrected chi connectivity index (χ4v) is 6.26. The van der Waals surface area contributed by atoms with Crippen LogP contribution in [0.1, 0.15) is 75.3 Å². The number of nitriles is 1. The Morgan fingerprint density at radius 1 is 0.756 bits per heavy atom. The van der Waals surface area contributed by atoms with Crippen molar-refractivity contribution in [3.05, 3.63) is 89.2 Å². The molecule has 0 aliphatic carbocycles. The van der Waals surface area contributed by atoms with Gasteiger partial charge in [-0.3, -0.25) is 19.4 Å². The molecule has 3 fully saturated rings. The first kappa shape index (κ1) is 30.1. The molecule has 0 bridgehead atoms. The van der Waals surface area contributed by atoms with E-state index in [0.717, 1.165) is 13.1 Å². The first-order valence-corrected chi connectivity index (χ1v) is 15.8. The van der Waals surface area contributed by atoms with Crippen molar-refractivity contribution in [3.63, 3.8) is 0 Å². The summed E-state index contributed by atoms with van der Waals surface area (Å²) in [5, 5.41) is 12.0. The van der Waals surface area contributed by atoms with E-state index in [-0.39, 0.29) is 29.9 Å². The molecule has 0 saturated carbocycles. The summed E-state index contributed by atoms with van der Waals surface area (Å²) in [7, 11) is 0. The third-order valence-electron chi connectivity index (χ3n) is 8.96. The fraction of sp³-hybridized carbons (Fsp3) is 0.400. The number of pyridine rings is 1. The molecule has 45 heavy (non-hydrogen) atoms. The maximum atomic E-state index is 13.1. The van der Waals surface area contributed by atoms with E-state index in [2.05, 4.69) is 21.3 Å². The SMILES string of the molecule is N#Cc1ccc(OC2CCN(C(=O)c3ccc(C(=O)NC4CCN(C(=O)c5ccc(N6CCCC6)cc5)CC4)cn3)CC2)cc1. The van der Waals surface area contributed by atoms with Gasteiger partial charge in [0.25, 0.3) is 17.7 Å². The highest BCUT2D eigenvalue weighted by atomic mass is 16.5. The van der Waals surface area contributed by atoms with Gasteiger partial charge in [0.2, 0.25) is 0 Å². The summed E-state index contributed by atoms with van der Waals surface area (Å²) in [6, 6.07) is 20.2. The molecular formula is C35H38N6O4. The van der Waals surface area contributed by atoms with Crippen LogP contribution >= 0.6 is 0 Å². The Kier molecular flexibility index (Phi) is 9.24. The van der Waals surface area contributed by atoms with Crippen molar-refractivity contribution in [2.24, 2.45) is 0 Å². The van der Waals surface area contributed by atoms with Crippen LogP contribution < -0.4 is 15.0 Å². The zero-order valence-electron chi connectivity index (χ0n) is 25.4. The van der Waals surface area contributed by atoms with E-state index >= 15 is 0 Å². The predicted octanol–water partition coefficient (Wildman–Crippen LogP) is 4.27. The monoisotopic (exact) mass is 606 g/mol. The summed E-state index contributed by atoms with van der Waals surface area (Å²) in [6.45, 7) is 4.41. The van der Waals surface area contributed by atoms with E-state index in [1.807, 2.05) is 29.2 Å². The number of aromatic nitrogens is 1. The van der Waals surface area contributed by atoms with Crippen LogP contribution in [0.15, 0.2) is 66.9 Å². The minimum atomic E-state index is -0.232. The number of likely N-dealkylation sites (tertiary alicyclic amines) is 2. The van der Waals surface area contributed by atoms with Crippen LogP contribution in [0.4, 0.5) is 5.69 Å². The quantitative estimate of drug-likeness (QED) is 0.427. The van der Waals surface area contributed by atoms with Gasteiger partial charge >= 0.3 is 0 Å².